The Kier molecular flexibility index (Phi) is 4.15. The highest BCUT2D eigenvalue weighted by Gasteiger charge is 2.24. The van der Waals surface area contributed by atoms with Gasteiger partial charge < -0.3 is 9.84 Å². The molecule has 0 saturated heterocycles. The SMILES string of the molecule is O=[N+]([O-])c1ccccc1OC1CCC(CO)CC1. The van der Waals surface area contributed by atoms with Crippen LogP contribution in [-0.4, -0.2) is 22.7 Å². The number of hydrogen-bond donors (Lipinski definition) is 1. The van der Waals surface area contributed by atoms with Gasteiger partial charge in [-0.3, -0.25) is 10.1 Å². The van der Waals surface area contributed by atoms with E-state index >= 15 is 0 Å². The van der Waals surface area contributed by atoms with Crippen LogP contribution in [0.25, 0.3) is 0 Å². The predicted octanol–water partition coefficient (Wildman–Crippen LogP) is 2.52. The average Bonchev–Trinajstić information content (AvgIpc) is 2.40. The fourth-order valence-corrected chi connectivity index (χ4v) is 2.32. The first-order valence-electron chi connectivity index (χ1n) is 6.21. The molecule has 0 atom stereocenters. The maximum Gasteiger partial charge on any atom is 0.310 e. The lowest BCUT2D eigenvalue weighted by atomic mass is 9.88. The first-order chi connectivity index (χ1) is 8.70. The van der Waals surface area contributed by atoms with Gasteiger partial charge in [0.05, 0.1) is 11.0 Å². The molecule has 0 aromatic heterocycles. The average molecular weight is 251 g/mol. The molecule has 2 rings (SSSR count). The zero-order valence-electron chi connectivity index (χ0n) is 10.1. The topological polar surface area (TPSA) is 72.6 Å². The van der Waals surface area contributed by atoms with Gasteiger partial charge in [0.1, 0.15) is 0 Å². The minimum absolute atomic E-state index is 0.0155. The van der Waals surface area contributed by atoms with Crippen molar-refractivity contribution >= 4 is 5.69 Å². The summed E-state index contributed by atoms with van der Waals surface area (Å²) in [5.74, 6) is 0.700. The summed E-state index contributed by atoms with van der Waals surface area (Å²) >= 11 is 0. The van der Waals surface area contributed by atoms with E-state index in [0.717, 1.165) is 25.7 Å². The van der Waals surface area contributed by atoms with Crippen molar-refractivity contribution in [2.24, 2.45) is 5.92 Å². The van der Waals surface area contributed by atoms with E-state index in [2.05, 4.69) is 0 Å². The van der Waals surface area contributed by atoms with Gasteiger partial charge in [0.2, 0.25) is 0 Å². The summed E-state index contributed by atoms with van der Waals surface area (Å²) in [6, 6.07) is 6.46. The summed E-state index contributed by atoms with van der Waals surface area (Å²) in [4.78, 5) is 10.4. The highest BCUT2D eigenvalue weighted by molar-refractivity contribution is 5.45. The highest BCUT2D eigenvalue weighted by atomic mass is 16.6. The Morgan fingerprint density at radius 2 is 1.94 bits per heavy atom. The van der Waals surface area contributed by atoms with Crippen molar-refractivity contribution in [2.45, 2.75) is 31.8 Å². The molecule has 5 heteroatoms. The molecule has 0 aliphatic heterocycles. The first kappa shape index (κ1) is 12.8. The van der Waals surface area contributed by atoms with Crippen molar-refractivity contribution in [3.8, 4) is 5.75 Å². The Morgan fingerprint density at radius 3 is 2.56 bits per heavy atom. The molecular formula is C13H17NO4. The van der Waals surface area contributed by atoms with E-state index in [4.69, 9.17) is 9.84 Å². The van der Waals surface area contributed by atoms with Gasteiger partial charge in [0, 0.05) is 12.7 Å². The summed E-state index contributed by atoms with van der Waals surface area (Å²) in [5.41, 5.74) is 0.0155. The number of ether oxygens (including phenoxy) is 1. The number of aliphatic hydroxyl groups excluding tert-OH is 1. The van der Waals surface area contributed by atoms with E-state index in [1.807, 2.05) is 0 Å². The van der Waals surface area contributed by atoms with Gasteiger partial charge in [-0.05, 0) is 37.7 Å². The van der Waals surface area contributed by atoms with E-state index in [1.54, 1.807) is 18.2 Å². The second-order valence-corrected chi connectivity index (χ2v) is 4.67. The molecule has 1 fully saturated rings. The molecule has 18 heavy (non-hydrogen) atoms. The molecule has 0 unspecified atom stereocenters. The molecule has 1 aromatic rings. The minimum atomic E-state index is -0.422. The number of hydrogen-bond acceptors (Lipinski definition) is 4. The zero-order chi connectivity index (χ0) is 13.0. The van der Waals surface area contributed by atoms with E-state index in [-0.39, 0.29) is 18.4 Å². The largest absolute Gasteiger partial charge is 0.484 e. The molecule has 1 aliphatic rings. The van der Waals surface area contributed by atoms with Gasteiger partial charge in [-0.2, -0.15) is 0 Å². The highest BCUT2D eigenvalue weighted by Crippen LogP contribution is 2.31. The van der Waals surface area contributed by atoms with Crippen LogP contribution in [0.1, 0.15) is 25.7 Å². The summed E-state index contributed by atoms with van der Waals surface area (Å²) in [6.07, 6.45) is 3.55. The molecule has 98 valence electrons. The lowest BCUT2D eigenvalue weighted by molar-refractivity contribution is -0.386. The van der Waals surface area contributed by atoms with Crippen molar-refractivity contribution < 1.29 is 14.8 Å². The van der Waals surface area contributed by atoms with E-state index in [0.29, 0.717) is 11.7 Å². The number of nitrogens with zero attached hydrogens (tertiary/aromatic N) is 1. The van der Waals surface area contributed by atoms with Gasteiger partial charge in [0.25, 0.3) is 0 Å². The van der Waals surface area contributed by atoms with Gasteiger partial charge in [-0.25, -0.2) is 0 Å². The number of rotatable bonds is 4. The molecule has 5 nitrogen and oxygen atoms in total. The maximum atomic E-state index is 10.9. The Hall–Kier alpha value is -1.62. The third kappa shape index (κ3) is 2.98. The van der Waals surface area contributed by atoms with Gasteiger partial charge in [-0.15, -0.1) is 0 Å². The van der Waals surface area contributed by atoms with Gasteiger partial charge >= 0.3 is 5.69 Å². The predicted molar refractivity (Wildman–Crippen MR) is 66.6 cm³/mol. The van der Waals surface area contributed by atoms with Gasteiger partial charge in [0.15, 0.2) is 5.75 Å². The fourth-order valence-electron chi connectivity index (χ4n) is 2.32. The van der Waals surface area contributed by atoms with Crippen LogP contribution in [0, 0.1) is 16.0 Å². The van der Waals surface area contributed by atoms with Crippen LogP contribution in [-0.2, 0) is 0 Å². The molecule has 0 radical (unpaired) electrons. The molecule has 0 spiro atoms. The lowest BCUT2D eigenvalue weighted by Gasteiger charge is -2.27. The summed E-state index contributed by atoms with van der Waals surface area (Å²) in [6.45, 7) is 0.220. The first-order valence-corrected chi connectivity index (χ1v) is 6.21. The van der Waals surface area contributed by atoms with E-state index in [9.17, 15) is 10.1 Å². The van der Waals surface area contributed by atoms with Crippen LogP contribution in [0.5, 0.6) is 5.75 Å². The third-order valence-corrected chi connectivity index (χ3v) is 3.41. The third-order valence-electron chi connectivity index (χ3n) is 3.41. The summed E-state index contributed by atoms with van der Waals surface area (Å²) in [7, 11) is 0. The monoisotopic (exact) mass is 251 g/mol. The van der Waals surface area contributed by atoms with Crippen molar-refractivity contribution in [1.29, 1.82) is 0 Å². The van der Waals surface area contributed by atoms with Crippen molar-refractivity contribution in [1.82, 2.24) is 0 Å². The summed E-state index contributed by atoms with van der Waals surface area (Å²) in [5, 5.41) is 19.9. The number of aliphatic hydroxyl groups is 1. The van der Waals surface area contributed by atoms with Crippen molar-refractivity contribution in [3.05, 3.63) is 34.4 Å². The lowest BCUT2D eigenvalue weighted by Crippen LogP contribution is -2.25. The normalized spacial score (nSPS) is 23.6. The van der Waals surface area contributed by atoms with E-state index < -0.39 is 4.92 Å². The molecule has 1 N–H and O–H groups in total. The minimum Gasteiger partial charge on any atom is -0.484 e. The molecule has 1 aliphatic carbocycles. The van der Waals surface area contributed by atoms with Crippen LogP contribution in [0.15, 0.2) is 24.3 Å². The number of nitro groups is 1. The zero-order valence-corrected chi connectivity index (χ0v) is 10.1. The smallest absolute Gasteiger partial charge is 0.310 e. The van der Waals surface area contributed by atoms with Crippen LogP contribution in [0.2, 0.25) is 0 Å². The van der Waals surface area contributed by atoms with Crippen LogP contribution < -0.4 is 4.74 Å². The second kappa shape index (κ2) is 5.82. The Labute approximate surface area is 106 Å². The fraction of sp³-hybridized carbons (Fsp3) is 0.538. The molecule has 0 heterocycles. The standard InChI is InChI=1S/C13H17NO4/c15-9-10-5-7-11(8-6-10)18-13-4-2-1-3-12(13)14(16)17/h1-4,10-11,15H,5-9H2. The second-order valence-electron chi connectivity index (χ2n) is 4.67. The number of para-hydroxylation sites is 2. The maximum absolute atomic E-state index is 10.9. The summed E-state index contributed by atoms with van der Waals surface area (Å²) < 4.78 is 5.72. The molecule has 1 aromatic carbocycles. The van der Waals surface area contributed by atoms with Crippen LogP contribution >= 0.6 is 0 Å². The molecule has 1 saturated carbocycles. The molecular weight excluding hydrogens is 234 g/mol. The van der Waals surface area contributed by atoms with E-state index in [1.165, 1.54) is 6.07 Å². The van der Waals surface area contributed by atoms with Gasteiger partial charge in [-0.1, -0.05) is 12.1 Å². The van der Waals surface area contributed by atoms with Crippen LogP contribution in [0.3, 0.4) is 0 Å². The van der Waals surface area contributed by atoms with Crippen LogP contribution in [0.4, 0.5) is 5.69 Å². The van der Waals surface area contributed by atoms with Crippen molar-refractivity contribution in [2.75, 3.05) is 6.61 Å². The number of benzene rings is 1. The Morgan fingerprint density at radius 1 is 1.28 bits per heavy atom. The van der Waals surface area contributed by atoms with Crippen molar-refractivity contribution in [3.63, 3.8) is 0 Å². The Bertz CT molecular complexity index is 413. The quantitative estimate of drug-likeness (QED) is 0.659. The molecule has 0 amide bonds. The number of nitro benzene ring substituents is 1. The Balaban J connectivity index is 2.00. The molecule has 0 bridgehead atoms.